The third kappa shape index (κ3) is 1.98. The zero-order valence-corrected chi connectivity index (χ0v) is 9.20. The maximum Gasteiger partial charge on any atom is 0.241 e. The number of thiophene rings is 1. The summed E-state index contributed by atoms with van der Waals surface area (Å²) in [7, 11) is -3.32. The molecule has 14 heavy (non-hydrogen) atoms. The van der Waals surface area contributed by atoms with Crippen LogP contribution in [-0.2, 0) is 16.6 Å². The van der Waals surface area contributed by atoms with E-state index in [4.69, 9.17) is 5.73 Å². The fourth-order valence-corrected chi connectivity index (χ4v) is 3.84. The zero-order chi connectivity index (χ0) is 10.2. The second kappa shape index (κ2) is 3.62. The molecule has 0 saturated heterocycles. The fourth-order valence-electron chi connectivity index (χ4n) is 1.20. The van der Waals surface area contributed by atoms with E-state index >= 15 is 0 Å². The molecule has 1 aliphatic carbocycles. The molecule has 1 heterocycles. The summed E-state index contributed by atoms with van der Waals surface area (Å²) in [5.41, 5.74) is 5.46. The van der Waals surface area contributed by atoms with Crippen LogP contribution in [0, 0.1) is 0 Å². The Morgan fingerprint density at radius 2 is 2.29 bits per heavy atom. The molecule has 4 nitrogen and oxygen atoms in total. The van der Waals surface area contributed by atoms with E-state index in [1.54, 1.807) is 11.4 Å². The van der Waals surface area contributed by atoms with Crippen molar-refractivity contribution in [2.24, 2.45) is 5.73 Å². The maximum absolute atomic E-state index is 11.8. The Kier molecular flexibility index (Phi) is 2.61. The molecule has 0 atom stereocenters. The van der Waals surface area contributed by atoms with Crippen molar-refractivity contribution < 1.29 is 8.42 Å². The monoisotopic (exact) mass is 232 g/mol. The first-order valence-electron chi connectivity index (χ1n) is 4.42. The van der Waals surface area contributed by atoms with Gasteiger partial charge in [0.25, 0.3) is 0 Å². The molecule has 3 N–H and O–H groups in total. The SMILES string of the molecule is NCc1sccc1S(=O)(=O)NC1CC1. The molecule has 1 saturated carbocycles. The molecule has 0 amide bonds. The van der Waals surface area contributed by atoms with Gasteiger partial charge in [0.15, 0.2) is 0 Å². The van der Waals surface area contributed by atoms with Crippen LogP contribution in [0.15, 0.2) is 16.3 Å². The summed E-state index contributed by atoms with van der Waals surface area (Å²) in [5.74, 6) is 0. The fraction of sp³-hybridized carbons (Fsp3) is 0.500. The van der Waals surface area contributed by atoms with Crippen molar-refractivity contribution in [3.05, 3.63) is 16.3 Å². The first-order valence-corrected chi connectivity index (χ1v) is 6.78. The molecular formula is C8H12N2O2S2. The van der Waals surface area contributed by atoms with Gasteiger partial charge in [0.1, 0.15) is 0 Å². The average Bonchev–Trinajstić information content (AvgIpc) is 2.80. The van der Waals surface area contributed by atoms with E-state index in [0.29, 0.717) is 4.90 Å². The van der Waals surface area contributed by atoms with Crippen molar-refractivity contribution in [1.82, 2.24) is 4.72 Å². The van der Waals surface area contributed by atoms with E-state index in [1.165, 1.54) is 11.3 Å². The van der Waals surface area contributed by atoms with Crippen LogP contribution in [0.3, 0.4) is 0 Å². The van der Waals surface area contributed by atoms with Gasteiger partial charge in [-0.15, -0.1) is 11.3 Å². The van der Waals surface area contributed by atoms with Gasteiger partial charge >= 0.3 is 0 Å². The molecule has 1 aliphatic rings. The lowest BCUT2D eigenvalue weighted by Crippen LogP contribution is -2.26. The van der Waals surface area contributed by atoms with Crippen LogP contribution in [-0.4, -0.2) is 14.5 Å². The zero-order valence-electron chi connectivity index (χ0n) is 7.56. The van der Waals surface area contributed by atoms with Crippen LogP contribution in [0.2, 0.25) is 0 Å². The minimum Gasteiger partial charge on any atom is -0.326 e. The summed E-state index contributed by atoms with van der Waals surface area (Å²) in [6, 6.07) is 1.75. The van der Waals surface area contributed by atoms with Crippen molar-refractivity contribution in [2.45, 2.75) is 30.3 Å². The molecule has 0 bridgehead atoms. The Hall–Kier alpha value is -0.430. The number of hydrogen-bond donors (Lipinski definition) is 2. The predicted molar refractivity (Wildman–Crippen MR) is 55.6 cm³/mol. The minimum absolute atomic E-state index is 0.144. The smallest absolute Gasteiger partial charge is 0.241 e. The van der Waals surface area contributed by atoms with E-state index in [-0.39, 0.29) is 12.6 Å². The highest BCUT2D eigenvalue weighted by Crippen LogP contribution is 2.25. The Morgan fingerprint density at radius 1 is 1.57 bits per heavy atom. The third-order valence-electron chi connectivity index (χ3n) is 2.08. The highest BCUT2D eigenvalue weighted by molar-refractivity contribution is 7.89. The van der Waals surface area contributed by atoms with Crippen molar-refractivity contribution in [2.75, 3.05) is 0 Å². The number of nitrogens with one attached hydrogen (secondary N) is 1. The van der Waals surface area contributed by atoms with E-state index < -0.39 is 10.0 Å². The molecule has 6 heteroatoms. The summed E-state index contributed by atoms with van der Waals surface area (Å²) >= 11 is 1.38. The second-order valence-electron chi connectivity index (χ2n) is 3.31. The van der Waals surface area contributed by atoms with Gasteiger partial charge < -0.3 is 5.73 Å². The predicted octanol–water partition coefficient (Wildman–Crippen LogP) is 0.647. The standard InChI is InChI=1S/C8H12N2O2S2/c9-5-7-8(3-4-13-7)14(11,12)10-6-1-2-6/h3-4,6,10H,1-2,5,9H2. The molecule has 1 aromatic rings. The minimum atomic E-state index is -3.32. The normalized spacial score (nSPS) is 17.2. The molecule has 1 fully saturated rings. The largest absolute Gasteiger partial charge is 0.326 e. The highest BCUT2D eigenvalue weighted by atomic mass is 32.2. The molecule has 78 valence electrons. The van der Waals surface area contributed by atoms with Gasteiger partial charge in [-0.05, 0) is 24.3 Å². The highest BCUT2D eigenvalue weighted by Gasteiger charge is 2.29. The number of hydrogen-bond acceptors (Lipinski definition) is 4. The summed E-state index contributed by atoms with van der Waals surface area (Å²) < 4.78 is 26.2. The molecular weight excluding hydrogens is 220 g/mol. The molecule has 1 aromatic heterocycles. The van der Waals surface area contributed by atoms with Gasteiger partial charge in [-0.3, -0.25) is 0 Å². The molecule has 0 aromatic carbocycles. The molecule has 0 radical (unpaired) electrons. The van der Waals surface area contributed by atoms with Crippen LogP contribution in [0.4, 0.5) is 0 Å². The topological polar surface area (TPSA) is 72.2 Å². The lowest BCUT2D eigenvalue weighted by Gasteiger charge is -2.04. The van der Waals surface area contributed by atoms with E-state index in [1.807, 2.05) is 0 Å². The van der Waals surface area contributed by atoms with Gasteiger partial charge in [0.05, 0.1) is 4.90 Å². The van der Waals surface area contributed by atoms with Crippen LogP contribution in [0.1, 0.15) is 17.7 Å². The Labute approximate surface area is 87.2 Å². The summed E-state index contributed by atoms with van der Waals surface area (Å²) in [6.07, 6.45) is 1.89. The van der Waals surface area contributed by atoms with Gasteiger partial charge in [-0.1, -0.05) is 0 Å². The molecule has 0 unspecified atom stereocenters. The van der Waals surface area contributed by atoms with Crippen LogP contribution in [0.25, 0.3) is 0 Å². The van der Waals surface area contributed by atoms with E-state index in [0.717, 1.165) is 17.7 Å². The molecule has 0 aliphatic heterocycles. The Balaban J connectivity index is 2.27. The lowest BCUT2D eigenvalue weighted by atomic mass is 10.5. The Morgan fingerprint density at radius 3 is 2.86 bits per heavy atom. The second-order valence-corrected chi connectivity index (χ2v) is 5.99. The quantitative estimate of drug-likeness (QED) is 0.800. The van der Waals surface area contributed by atoms with E-state index in [2.05, 4.69) is 4.72 Å². The Bertz CT molecular complexity index is 420. The summed E-state index contributed by atoms with van der Waals surface area (Å²) in [5, 5.41) is 1.75. The first kappa shape index (κ1) is 10.1. The van der Waals surface area contributed by atoms with Gasteiger partial charge in [-0.25, -0.2) is 13.1 Å². The van der Waals surface area contributed by atoms with Crippen molar-refractivity contribution >= 4 is 21.4 Å². The van der Waals surface area contributed by atoms with Crippen molar-refractivity contribution in [3.63, 3.8) is 0 Å². The van der Waals surface area contributed by atoms with Crippen LogP contribution >= 0.6 is 11.3 Å². The van der Waals surface area contributed by atoms with E-state index in [9.17, 15) is 8.42 Å². The first-order chi connectivity index (χ1) is 6.63. The van der Waals surface area contributed by atoms with Gasteiger partial charge in [0.2, 0.25) is 10.0 Å². The van der Waals surface area contributed by atoms with Gasteiger partial charge in [-0.2, -0.15) is 0 Å². The van der Waals surface area contributed by atoms with Crippen LogP contribution in [0.5, 0.6) is 0 Å². The molecule has 2 rings (SSSR count). The van der Waals surface area contributed by atoms with Crippen molar-refractivity contribution in [1.29, 1.82) is 0 Å². The van der Waals surface area contributed by atoms with Crippen LogP contribution < -0.4 is 10.5 Å². The number of rotatable bonds is 4. The molecule has 0 spiro atoms. The maximum atomic E-state index is 11.8. The lowest BCUT2D eigenvalue weighted by molar-refractivity contribution is 0.580. The number of nitrogens with two attached hydrogens (primary N) is 1. The van der Waals surface area contributed by atoms with Gasteiger partial charge in [0, 0.05) is 17.5 Å². The number of sulfonamides is 1. The summed E-state index contributed by atoms with van der Waals surface area (Å²) in [4.78, 5) is 1.06. The third-order valence-corrected chi connectivity index (χ3v) is 4.76. The van der Waals surface area contributed by atoms with Crippen molar-refractivity contribution in [3.8, 4) is 0 Å². The average molecular weight is 232 g/mol. The summed E-state index contributed by atoms with van der Waals surface area (Å²) in [6.45, 7) is 0.276.